The fourth-order valence-corrected chi connectivity index (χ4v) is 5.96. The predicted molar refractivity (Wildman–Crippen MR) is 161 cm³/mol. The predicted octanol–water partition coefficient (Wildman–Crippen LogP) is 3.95. The summed E-state index contributed by atoms with van der Waals surface area (Å²) < 4.78 is 24.5. The van der Waals surface area contributed by atoms with Gasteiger partial charge in [0.2, 0.25) is 11.9 Å². The average Bonchev–Trinajstić information content (AvgIpc) is 3.65. The molecular formula is C33H28FN8O3+. The van der Waals surface area contributed by atoms with E-state index in [0.29, 0.717) is 68.1 Å². The summed E-state index contributed by atoms with van der Waals surface area (Å²) in [4.78, 5) is 35.3. The molecule has 5 aromatic heterocycles. The first-order valence-corrected chi connectivity index (χ1v) is 14.6. The Kier molecular flexibility index (Phi) is 6.73. The summed E-state index contributed by atoms with van der Waals surface area (Å²) >= 11 is 0. The van der Waals surface area contributed by atoms with Gasteiger partial charge in [0.05, 0.1) is 40.8 Å². The lowest BCUT2D eigenvalue weighted by molar-refractivity contribution is -0.682. The standard InChI is InChI=1S/C33H27FN8O3/c1-18(26-10-7-22(34)16-40(26)2)42-32-24(15-38-42)29(30(31(36)43)25(39-32)11-19-3-4-19)21-6-9-27-28(12-21)45-33(44)41(27)17-23-8-5-20(13-35)14-37-23/h5-10,12,14-16,18-19H,3-4,11,17H2,1-2H3,(H-,36,43)/p+1/t18-/m1/s1. The van der Waals surface area contributed by atoms with Gasteiger partial charge >= 0.3 is 5.76 Å². The molecule has 5 heterocycles. The minimum absolute atomic E-state index is 0.153. The van der Waals surface area contributed by atoms with Crippen LogP contribution in [0.2, 0.25) is 0 Å². The molecule has 1 atom stereocenters. The molecule has 0 saturated heterocycles. The lowest BCUT2D eigenvalue weighted by atomic mass is 9.93. The van der Waals surface area contributed by atoms with E-state index in [0.717, 1.165) is 18.5 Å². The Bertz CT molecular complexity index is 2240. The Morgan fingerprint density at radius 1 is 1.22 bits per heavy atom. The van der Waals surface area contributed by atoms with Gasteiger partial charge in [-0.25, -0.2) is 23.4 Å². The summed E-state index contributed by atoms with van der Waals surface area (Å²) in [5.74, 6) is -1.10. The highest BCUT2D eigenvalue weighted by Gasteiger charge is 2.30. The fourth-order valence-electron chi connectivity index (χ4n) is 5.96. The molecule has 1 aliphatic carbocycles. The summed E-state index contributed by atoms with van der Waals surface area (Å²) in [6.07, 6.45) is 7.22. The van der Waals surface area contributed by atoms with Gasteiger partial charge in [-0.2, -0.15) is 10.4 Å². The number of halogens is 1. The van der Waals surface area contributed by atoms with Crippen LogP contribution < -0.4 is 16.1 Å². The van der Waals surface area contributed by atoms with Crippen LogP contribution in [0.3, 0.4) is 0 Å². The molecule has 0 spiro atoms. The second kappa shape index (κ2) is 10.8. The first-order valence-electron chi connectivity index (χ1n) is 14.6. The van der Waals surface area contributed by atoms with Crippen LogP contribution >= 0.6 is 0 Å². The molecule has 0 aliphatic heterocycles. The van der Waals surface area contributed by atoms with E-state index in [-0.39, 0.29) is 18.4 Å². The molecule has 0 unspecified atom stereocenters. The van der Waals surface area contributed by atoms with Gasteiger partial charge in [-0.3, -0.25) is 14.3 Å². The smallest absolute Gasteiger partial charge is 0.408 e. The molecule has 0 bridgehead atoms. The molecular weight excluding hydrogens is 575 g/mol. The summed E-state index contributed by atoms with van der Waals surface area (Å²) in [5, 5.41) is 14.4. The first-order chi connectivity index (χ1) is 21.7. The molecule has 0 radical (unpaired) electrons. The van der Waals surface area contributed by atoms with E-state index in [2.05, 4.69) is 10.1 Å². The normalized spacial score (nSPS) is 13.7. The fraction of sp³-hybridized carbons (Fsp3) is 0.242. The third-order valence-electron chi connectivity index (χ3n) is 8.41. The number of aromatic nitrogens is 6. The highest BCUT2D eigenvalue weighted by molar-refractivity contribution is 6.09. The van der Waals surface area contributed by atoms with Crippen molar-refractivity contribution in [1.82, 2.24) is 24.3 Å². The van der Waals surface area contributed by atoms with Gasteiger partial charge in [0, 0.05) is 23.2 Å². The largest absolute Gasteiger partial charge is 0.420 e. The third-order valence-corrected chi connectivity index (χ3v) is 8.41. The van der Waals surface area contributed by atoms with E-state index in [1.807, 2.05) is 19.1 Å². The van der Waals surface area contributed by atoms with Gasteiger partial charge in [-0.15, -0.1) is 0 Å². The zero-order valence-corrected chi connectivity index (χ0v) is 24.6. The number of fused-ring (bicyclic) bond motifs is 2. The van der Waals surface area contributed by atoms with Crippen LogP contribution in [-0.4, -0.2) is 30.2 Å². The number of benzene rings is 1. The number of pyridine rings is 3. The Balaban J connectivity index is 1.39. The van der Waals surface area contributed by atoms with Crippen LogP contribution in [0.25, 0.3) is 33.3 Å². The zero-order valence-electron chi connectivity index (χ0n) is 24.6. The number of rotatable bonds is 8. The molecule has 224 valence electrons. The number of aryl methyl sites for hydroxylation is 1. The summed E-state index contributed by atoms with van der Waals surface area (Å²) in [6.45, 7) is 2.11. The molecule has 1 fully saturated rings. The van der Waals surface area contributed by atoms with Crippen molar-refractivity contribution < 1.29 is 18.2 Å². The quantitative estimate of drug-likeness (QED) is 0.259. The van der Waals surface area contributed by atoms with Crippen LogP contribution in [0.15, 0.2) is 70.3 Å². The van der Waals surface area contributed by atoms with Crippen LogP contribution in [0.4, 0.5) is 4.39 Å². The molecule has 1 aromatic carbocycles. The minimum atomic E-state index is -0.605. The van der Waals surface area contributed by atoms with E-state index < -0.39 is 11.7 Å². The zero-order chi connectivity index (χ0) is 31.4. The summed E-state index contributed by atoms with van der Waals surface area (Å²) in [5.41, 5.74) is 11.4. The third kappa shape index (κ3) is 5.02. The van der Waals surface area contributed by atoms with Crippen molar-refractivity contribution >= 4 is 28.0 Å². The lowest BCUT2D eigenvalue weighted by Gasteiger charge is -2.16. The van der Waals surface area contributed by atoms with E-state index in [4.69, 9.17) is 20.4 Å². The SMILES string of the molecule is C[C@H](c1ccc(F)c[n+]1C)n1ncc2c(-c3ccc4c(c3)oc(=O)n4Cc3ccc(C#N)cn3)c(C(N)=O)c(CC3CC3)nc21. The molecule has 6 aromatic rings. The van der Waals surface area contributed by atoms with Crippen molar-refractivity contribution in [3.8, 4) is 17.2 Å². The number of nitriles is 1. The van der Waals surface area contributed by atoms with Crippen molar-refractivity contribution in [3.05, 3.63) is 106 Å². The number of hydrogen-bond acceptors (Lipinski definition) is 7. The summed E-state index contributed by atoms with van der Waals surface area (Å²) in [7, 11) is 1.77. The second-order valence-corrected chi connectivity index (χ2v) is 11.5. The summed E-state index contributed by atoms with van der Waals surface area (Å²) in [6, 6.07) is 13.5. The van der Waals surface area contributed by atoms with Crippen molar-refractivity contribution in [1.29, 1.82) is 5.26 Å². The number of primary amides is 1. The van der Waals surface area contributed by atoms with Crippen molar-refractivity contribution in [2.75, 3.05) is 0 Å². The maximum atomic E-state index is 13.9. The monoisotopic (exact) mass is 603 g/mol. The van der Waals surface area contributed by atoms with Gasteiger partial charge in [0.25, 0.3) is 5.91 Å². The number of nitrogens with two attached hydrogens (primary N) is 1. The molecule has 1 saturated carbocycles. The van der Waals surface area contributed by atoms with E-state index in [1.54, 1.807) is 52.8 Å². The van der Waals surface area contributed by atoms with E-state index >= 15 is 0 Å². The molecule has 7 rings (SSSR count). The molecule has 1 aliphatic rings. The van der Waals surface area contributed by atoms with Gasteiger partial charge in [0.1, 0.15) is 19.2 Å². The first kappa shape index (κ1) is 28.1. The minimum Gasteiger partial charge on any atom is -0.408 e. The molecule has 11 nitrogen and oxygen atoms in total. The van der Waals surface area contributed by atoms with Crippen molar-refractivity contribution in [3.63, 3.8) is 0 Å². The van der Waals surface area contributed by atoms with Gasteiger partial charge < -0.3 is 10.2 Å². The number of amides is 1. The molecule has 2 N–H and O–H groups in total. The van der Waals surface area contributed by atoms with Crippen molar-refractivity contribution in [2.45, 2.75) is 38.8 Å². The Hall–Kier alpha value is -5.70. The Morgan fingerprint density at radius 3 is 2.73 bits per heavy atom. The average molecular weight is 604 g/mol. The van der Waals surface area contributed by atoms with Crippen LogP contribution in [0, 0.1) is 23.1 Å². The number of nitrogens with zero attached hydrogens (tertiary/aromatic N) is 7. The van der Waals surface area contributed by atoms with Gasteiger partial charge in [0.15, 0.2) is 17.0 Å². The Labute approximate surface area is 256 Å². The topological polar surface area (TPSA) is 150 Å². The number of hydrogen-bond donors (Lipinski definition) is 1. The van der Waals surface area contributed by atoms with Gasteiger partial charge in [-0.05, 0) is 68.0 Å². The highest BCUT2D eigenvalue weighted by Crippen LogP contribution is 2.39. The molecule has 12 heteroatoms. The Morgan fingerprint density at radius 2 is 2.04 bits per heavy atom. The highest BCUT2D eigenvalue weighted by atomic mass is 19.1. The van der Waals surface area contributed by atoms with Crippen LogP contribution in [0.1, 0.15) is 58.8 Å². The van der Waals surface area contributed by atoms with Gasteiger partial charge in [-0.1, -0.05) is 6.07 Å². The van der Waals surface area contributed by atoms with Crippen LogP contribution in [-0.2, 0) is 20.0 Å². The van der Waals surface area contributed by atoms with E-state index in [9.17, 15) is 14.0 Å². The van der Waals surface area contributed by atoms with E-state index in [1.165, 1.54) is 23.0 Å². The lowest BCUT2D eigenvalue weighted by Crippen LogP contribution is -2.36. The van der Waals surface area contributed by atoms with Crippen molar-refractivity contribution in [2.24, 2.45) is 18.7 Å². The number of oxazole rings is 1. The maximum Gasteiger partial charge on any atom is 0.420 e. The number of carbonyl (C=O) groups is 1. The second-order valence-electron chi connectivity index (χ2n) is 11.5. The molecule has 1 amide bonds. The number of carbonyl (C=O) groups excluding carboxylic acids is 1. The maximum absolute atomic E-state index is 13.9. The molecule has 45 heavy (non-hydrogen) atoms. The van der Waals surface area contributed by atoms with Crippen LogP contribution in [0.5, 0.6) is 0 Å².